The first-order valence-corrected chi connectivity index (χ1v) is 16.2. The second-order valence-corrected chi connectivity index (χ2v) is 13.3. The summed E-state index contributed by atoms with van der Waals surface area (Å²) in [6, 6.07) is 17.2. The maximum Gasteiger partial charge on any atom is 0.254 e. The van der Waals surface area contributed by atoms with Crippen LogP contribution in [0.1, 0.15) is 36.0 Å². The average Bonchev–Trinajstić information content (AvgIpc) is 3.44. The topological polar surface area (TPSA) is 137 Å². The van der Waals surface area contributed by atoms with Crippen LogP contribution in [-0.2, 0) is 13.6 Å². The number of carbonyl (C=O) groups excluding carboxylic acids is 1. The van der Waals surface area contributed by atoms with E-state index in [1.54, 1.807) is 25.4 Å². The number of aromatic nitrogens is 5. The Bertz CT molecular complexity index is 2200. The molecule has 2 aromatic carbocycles. The van der Waals surface area contributed by atoms with E-state index < -0.39 is 0 Å². The van der Waals surface area contributed by atoms with E-state index in [2.05, 4.69) is 26.4 Å². The first-order chi connectivity index (χ1) is 22.9. The van der Waals surface area contributed by atoms with Gasteiger partial charge in [-0.25, -0.2) is 9.97 Å². The lowest BCUT2D eigenvalue weighted by Gasteiger charge is -2.27. The Hall–Kier alpha value is -5.16. The molecule has 2 aliphatic carbocycles. The number of carbonyl (C=O) groups is 1. The molecule has 9 rings (SSSR count). The highest BCUT2D eigenvalue weighted by molar-refractivity contribution is 6.00. The molecular weight excluding hydrogens is 594 g/mol. The summed E-state index contributed by atoms with van der Waals surface area (Å²) in [5.74, 6) is 2.94. The molecule has 2 bridgehead atoms. The Morgan fingerprint density at radius 1 is 1.06 bits per heavy atom. The van der Waals surface area contributed by atoms with Gasteiger partial charge < -0.3 is 34.1 Å². The predicted octanol–water partition coefficient (Wildman–Crippen LogP) is 5.60. The molecular formula is C36H35N7O4. The standard InChI is InChI=1S/C36H35N7O4/c1-41-33-26(14-23(16-31(33)46-2)36(45)43-18-22-6-9-27(43)32(22)37)40-35(41)28-15-21-5-8-25(39-34(21)42(28)17-19-3-4-19)20-7-10-29(44)24(13-20)30-11-12-38-47-30/h5,7-8,10-16,19,22,27,32,44H,3-4,6,9,17-18,37H2,1-2H3. The third kappa shape index (κ3) is 4.44. The zero-order valence-corrected chi connectivity index (χ0v) is 26.3. The molecule has 1 aliphatic heterocycles. The van der Waals surface area contributed by atoms with E-state index >= 15 is 0 Å². The molecule has 1 amide bonds. The summed E-state index contributed by atoms with van der Waals surface area (Å²) < 4.78 is 15.5. The van der Waals surface area contributed by atoms with Crippen molar-refractivity contribution in [2.75, 3.05) is 13.7 Å². The van der Waals surface area contributed by atoms with Crippen molar-refractivity contribution in [2.24, 2.45) is 24.6 Å². The van der Waals surface area contributed by atoms with Gasteiger partial charge in [-0.1, -0.05) is 5.16 Å². The van der Waals surface area contributed by atoms with Crippen LogP contribution in [-0.4, -0.2) is 65.9 Å². The number of phenolic OH excluding ortho intramolecular Hbond substituents is 1. The lowest BCUT2D eigenvalue weighted by molar-refractivity contribution is 0.0700. The first kappa shape index (κ1) is 28.1. The Balaban J connectivity index is 1.14. The summed E-state index contributed by atoms with van der Waals surface area (Å²) in [4.78, 5) is 26.0. The number of imidazole rings is 1. The number of phenols is 1. The Kier molecular flexibility index (Phi) is 6.23. The van der Waals surface area contributed by atoms with Gasteiger partial charge in [-0.3, -0.25) is 4.79 Å². The van der Waals surface area contributed by atoms with E-state index in [-0.39, 0.29) is 23.7 Å². The molecule has 47 heavy (non-hydrogen) atoms. The number of likely N-dealkylation sites (tertiary alicyclic amines) is 1. The third-order valence-corrected chi connectivity index (χ3v) is 10.4. The van der Waals surface area contributed by atoms with Gasteiger partial charge in [0.15, 0.2) is 11.6 Å². The van der Waals surface area contributed by atoms with Crippen molar-refractivity contribution in [3.8, 4) is 45.6 Å². The third-order valence-electron chi connectivity index (χ3n) is 10.4. The maximum atomic E-state index is 13.8. The summed E-state index contributed by atoms with van der Waals surface area (Å²) in [6.45, 7) is 1.54. The highest BCUT2D eigenvalue weighted by atomic mass is 16.5. The highest BCUT2D eigenvalue weighted by Crippen LogP contribution is 2.41. The molecule has 3 aliphatic rings. The van der Waals surface area contributed by atoms with Crippen molar-refractivity contribution in [2.45, 2.75) is 44.3 Å². The lowest BCUT2D eigenvalue weighted by Crippen LogP contribution is -2.41. The summed E-state index contributed by atoms with van der Waals surface area (Å²) in [7, 11) is 3.63. The summed E-state index contributed by atoms with van der Waals surface area (Å²) in [5.41, 5.74) is 12.6. The second-order valence-electron chi connectivity index (χ2n) is 13.3. The number of nitrogens with zero attached hydrogens (tertiary/aromatic N) is 6. The van der Waals surface area contributed by atoms with Gasteiger partial charge >= 0.3 is 0 Å². The number of piperidine rings is 1. The van der Waals surface area contributed by atoms with Crippen LogP contribution in [0, 0.1) is 11.8 Å². The van der Waals surface area contributed by atoms with Crippen LogP contribution in [0.2, 0.25) is 0 Å². The van der Waals surface area contributed by atoms with Gasteiger partial charge in [0.05, 0.1) is 35.8 Å². The molecule has 11 heteroatoms. The quantitative estimate of drug-likeness (QED) is 0.233. The van der Waals surface area contributed by atoms with Crippen LogP contribution < -0.4 is 10.5 Å². The monoisotopic (exact) mass is 629 g/mol. The minimum atomic E-state index is -0.0136. The van der Waals surface area contributed by atoms with E-state index in [0.717, 1.165) is 58.7 Å². The number of amides is 1. The minimum Gasteiger partial charge on any atom is -0.507 e. The Morgan fingerprint density at radius 2 is 1.94 bits per heavy atom. The summed E-state index contributed by atoms with van der Waals surface area (Å²) in [5, 5.41) is 15.3. The van der Waals surface area contributed by atoms with Gasteiger partial charge in [-0.2, -0.15) is 0 Å². The molecule has 3 unspecified atom stereocenters. The van der Waals surface area contributed by atoms with E-state index in [0.29, 0.717) is 46.5 Å². The van der Waals surface area contributed by atoms with Crippen molar-refractivity contribution in [3.63, 3.8) is 0 Å². The van der Waals surface area contributed by atoms with E-state index in [1.165, 1.54) is 12.8 Å². The Morgan fingerprint density at radius 3 is 2.66 bits per heavy atom. The molecule has 3 N–H and O–H groups in total. The highest BCUT2D eigenvalue weighted by Gasteiger charge is 2.47. The number of aryl methyl sites for hydroxylation is 1. The second kappa shape index (κ2) is 10.4. The van der Waals surface area contributed by atoms with Crippen LogP contribution >= 0.6 is 0 Å². The van der Waals surface area contributed by atoms with Gasteiger partial charge in [-0.15, -0.1) is 0 Å². The van der Waals surface area contributed by atoms with Gasteiger partial charge in [0.25, 0.3) is 5.91 Å². The molecule has 5 heterocycles. The number of ether oxygens (including phenoxy) is 1. The Labute approximate surface area is 270 Å². The van der Waals surface area contributed by atoms with Gasteiger partial charge in [0.1, 0.15) is 22.7 Å². The number of rotatable bonds is 7. The van der Waals surface area contributed by atoms with Crippen LogP contribution in [0.25, 0.3) is 56.2 Å². The largest absolute Gasteiger partial charge is 0.507 e. The number of fused-ring (bicyclic) bond motifs is 4. The van der Waals surface area contributed by atoms with Crippen LogP contribution in [0.5, 0.6) is 11.5 Å². The van der Waals surface area contributed by atoms with E-state index in [9.17, 15) is 9.90 Å². The van der Waals surface area contributed by atoms with Gasteiger partial charge in [-0.05, 0) is 86.1 Å². The van der Waals surface area contributed by atoms with Gasteiger partial charge in [0, 0.05) is 54.8 Å². The molecule has 6 aromatic rings. The number of benzene rings is 2. The van der Waals surface area contributed by atoms with Crippen molar-refractivity contribution in [3.05, 3.63) is 66.4 Å². The van der Waals surface area contributed by atoms with Crippen molar-refractivity contribution in [1.82, 2.24) is 29.2 Å². The van der Waals surface area contributed by atoms with Crippen molar-refractivity contribution in [1.29, 1.82) is 0 Å². The van der Waals surface area contributed by atoms with Crippen LogP contribution in [0.15, 0.2) is 65.3 Å². The fraction of sp³-hybridized carbons (Fsp3) is 0.333. The molecule has 3 fully saturated rings. The SMILES string of the molecule is COc1cc(C(=O)N2CC3CCC2C3N)cc2nc(-c3cc4ccc(-c5ccc(O)c(-c6ccno6)c5)nc4n3CC3CC3)n(C)c12. The van der Waals surface area contributed by atoms with Crippen LogP contribution in [0.4, 0.5) is 0 Å². The van der Waals surface area contributed by atoms with E-state index in [1.807, 2.05) is 42.3 Å². The number of pyridine rings is 1. The minimum absolute atomic E-state index is 0.0136. The lowest BCUT2D eigenvalue weighted by atomic mass is 10.0. The summed E-state index contributed by atoms with van der Waals surface area (Å²) >= 11 is 0. The number of hydrogen-bond acceptors (Lipinski definition) is 8. The maximum absolute atomic E-state index is 13.8. The van der Waals surface area contributed by atoms with E-state index in [4.69, 9.17) is 25.0 Å². The molecule has 0 radical (unpaired) electrons. The first-order valence-electron chi connectivity index (χ1n) is 16.2. The average molecular weight is 630 g/mol. The predicted molar refractivity (Wildman–Crippen MR) is 177 cm³/mol. The smallest absolute Gasteiger partial charge is 0.254 e. The molecule has 4 aromatic heterocycles. The zero-order valence-electron chi connectivity index (χ0n) is 26.3. The van der Waals surface area contributed by atoms with Gasteiger partial charge in [0.2, 0.25) is 0 Å². The summed E-state index contributed by atoms with van der Waals surface area (Å²) in [6.07, 6.45) is 5.97. The molecule has 238 valence electrons. The fourth-order valence-electron chi connectivity index (χ4n) is 7.73. The zero-order chi connectivity index (χ0) is 32.0. The van der Waals surface area contributed by atoms with Crippen LogP contribution in [0.3, 0.4) is 0 Å². The molecule has 0 spiro atoms. The fourth-order valence-corrected chi connectivity index (χ4v) is 7.73. The number of hydrogen-bond donors (Lipinski definition) is 2. The molecule has 11 nitrogen and oxygen atoms in total. The number of nitrogens with two attached hydrogens (primary N) is 1. The van der Waals surface area contributed by atoms with Crippen molar-refractivity contribution < 1.29 is 19.2 Å². The number of methoxy groups -OCH3 is 1. The number of aromatic hydroxyl groups is 1. The van der Waals surface area contributed by atoms with Crippen molar-refractivity contribution >= 4 is 28.0 Å². The molecule has 2 saturated carbocycles. The molecule has 1 saturated heterocycles. The molecule has 3 atom stereocenters. The normalized spacial score (nSPS) is 20.6.